The third-order valence-electron chi connectivity index (χ3n) is 4.63. The summed E-state index contributed by atoms with van der Waals surface area (Å²) >= 11 is 0. The van der Waals surface area contributed by atoms with Gasteiger partial charge in [-0.25, -0.2) is 4.68 Å². The molecule has 3 aromatic carbocycles. The van der Waals surface area contributed by atoms with Crippen molar-refractivity contribution in [3.05, 3.63) is 66.7 Å². The van der Waals surface area contributed by atoms with Gasteiger partial charge in [0.15, 0.2) is 0 Å². The topological polar surface area (TPSA) is 73.0 Å². The number of aryl methyl sites for hydroxylation is 1. The van der Waals surface area contributed by atoms with Gasteiger partial charge >= 0.3 is 0 Å². The van der Waals surface area contributed by atoms with E-state index in [1.54, 1.807) is 4.68 Å². The Morgan fingerprint density at radius 2 is 1.78 bits per heavy atom. The van der Waals surface area contributed by atoms with Crippen LogP contribution in [0.15, 0.2) is 71.1 Å². The number of amides is 1. The fraction of sp³-hybridized carbons (Fsp3) is 0.0952. The molecule has 6 heteroatoms. The van der Waals surface area contributed by atoms with Gasteiger partial charge in [-0.15, -0.1) is 5.10 Å². The lowest BCUT2D eigenvalue weighted by atomic mass is 10.1. The number of carbonyl (C=O) groups excluding carboxylic acids is 1. The fourth-order valence-corrected chi connectivity index (χ4v) is 3.32. The number of benzene rings is 3. The van der Waals surface area contributed by atoms with Crippen LogP contribution >= 0.6 is 0 Å². The lowest BCUT2D eigenvalue weighted by molar-refractivity contribution is -0.116. The largest absolute Gasteiger partial charge is 0.456 e. The molecule has 0 aliphatic heterocycles. The Morgan fingerprint density at radius 1 is 0.963 bits per heavy atom. The molecule has 0 saturated heterocycles. The van der Waals surface area contributed by atoms with Crippen LogP contribution in [0.3, 0.4) is 0 Å². The average Bonchev–Trinajstić information content (AvgIpc) is 3.27. The summed E-state index contributed by atoms with van der Waals surface area (Å²) in [6.07, 6.45) is 0.311. The second-order valence-electron chi connectivity index (χ2n) is 6.41. The molecular formula is C21H16N4O2. The van der Waals surface area contributed by atoms with E-state index in [2.05, 4.69) is 15.6 Å². The lowest BCUT2D eigenvalue weighted by Crippen LogP contribution is -2.15. The quantitative estimate of drug-likeness (QED) is 0.519. The van der Waals surface area contributed by atoms with Gasteiger partial charge in [0.2, 0.25) is 5.91 Å². The molecule has 0 fully saturated rings. The Kier molecular flexibility index (Phi) is 3.60. The molecule has 2 heterocycles. The smallest absolute Gasteiger partial charge is 0.226 e. The molecule has 2 aromatic heterocycles. The minimum Gasteiger partial charge on any atom is -0.456 e. The Balaban J connectivity index is 1.32. The first-order valence-electron chi connectivity index (χ1n) is 8.77. The summed E-state index contributed by atoms with van der Waals surface area (Å²) in [7, 11) is 0. The second kappa shape index (κ2) is 6.25. The Bertz CT molecular complexity index is 1290. The number of nitrogens with zero attached hydrogens (tertiary/aromatic N) is 3. The molecule has 0 bridgehead atoms. The molecule has 0 spiro atoms. The van der Waals surface area contributed by atoms with Crippen LogP contribution in [0.5, 0.6) is 0 Å². The summed E-state index contributed by atoms with van der Waals surface area (Å²) in [5, 5.41) is 13.3. The van der Waals surface area contributed by atoms with E-state index in [-0.39, 0.29) is 5.91 Å². The van der Waals surface area contributed by atoms with Gasteiger partial charge < -0.3 is 9.73 Å². The molecule has 27 heavy (non-hydrogen) atoms. The number of aromatic nitrogens is 3. The number of hydrogen-bond acceptors (Lipinski definition) is 4. The predicted molar refractivity (Wildman–Crippen MR) is 104 cm³/mol. The Hall–Kier alpha value is -3.67. The lowest BCUT2D eigenvalue weighted by Gasteiger charge is -2.05. The fourth-order valence-electron chi connectivity index (χ4n) is 3.32. The maximum atomic E-state index is 12.3. The number of fused-ring (bicyclic) bond motifs is 4. The van der Waals surface area contributed by atoms with Gasteiger partial charge in [-0.3, -0.25) is 4.79 Å². The maximum Gasteiger partial charge on any atom is 0.226 e. The molecule has 0 atom stereocenters. The number of rotatable bonds is 4. The molecule has 1 N–H and O–H groups in total. The van der Waals surface area contributed by atoms with Crippen LogP contribution in [0.1, 0.15) is 6.42 Å². The first-order valence-corrected chi connectivity index (χ1v) is 8.77. The number of furan rings is 1. The summed E-state index contributed by atoms with van der Waals surface area (Å²) in [6, 6.07) is 21.3. The van der Waals surface area contributed by atoms with E-state index in [0.717, 1.165) is 38.7 Å². The summed E-state index contributed by atoms with van der Waals surface area (Å²) in [5.74, 6) is -0.0787. The highest BCUT2D eigenvalue weighted by molar-refractivity contribution is 6.06. The van der Waals surface area contributed by atoms with Crippen LogP contribution < -0.4 is 5.32 Å². The van der Waals surface area contributed by atoms with Crippen LogP contribution in [0.4, 0.5) is 5.69 Å². The van der Waals surface area contributed by atoms with Crippen molar-refractivity contribution in [3.63, 3.8) is 0 Å². The molecule has 132 valence electrons. The van der Waals surface area contributed by atoms with E-state index in [9.17, 15) is 4.79 Å². The van der Waals surface area contributed by atoms with E-state index < -0.39 is 0 Å². The summed E-state index contributed by atoms with van der Waals surface area (Å²) in [6.45, 7) is 0.471. The highest BCUT2D eigenvalue weighted by Gasteiger charge is 2.10. The van der Waals surface area contributed by atoms with Gasteiger partial charge in [0.05, 0.1) is 12.1 Å². The van der Waals surface area contributed by atoms with Crippen molar-refractivity contribution in [3.8, 4) is 0 Å². The highest BCUT2D eigenvalue weighted by Crippen LogP contribution is 2.30. The zero-order valence-electron chi connectivity index (χ0n) is 14.4. The number of nitrogens with one attached hydrogen (secondary N) is 1. The minimum absolute atomic E-state index is 0.0787. The molecular weight excluding hydrogens is 340 g/mol. The normalized spacial score (nSPS) is 11.4. The highest BCUT2D eigenvalue weighted by atomic mass is 16.3. The third kappa shape index (κ3) is 2.81. The molecule has 0 unspecified atom stereocenters. The maximum absolute atomic E-state index is 12.3. The van der Waals surface area contributed by atoms with Crippen molar-refractivity contribution in [1.82, 2.24) is 15.0 Å². The number of para-hydroxylation sites is 2. The molecule has 0 aliphatic rings. The first kappa shape index (κ1) is 15.6. The Morgan fingerprint density at radius 3 is 2.74 bits per heavy atom. The van der Waals surface area contributed by atoms with Crippen molar-refractivity contribution in [2.24, 2.45) is 0 Å². The minimum atomic E-state index is -0.0787. The van der Waals surface area contributed by atoms with Gasteiger partial charge in [-0.2, -0.15) is 0 Å². The number of hydrogen-bond donors (Lipinski definition) is 1. The molecule has 6 nitrogen and oxygen atoms in total. The van der Waals surface area contributed by atoms with Crippen molar-refractivity contribution in [1.29, 1.82) is 0 Å². The van der Waals surface area contributed by atoms with Crippen LogP contribution in [0, 0.1) is 0 Å². The van der Waals surface area contributed by atoms with Gasteiger partial charge in [0, 0.05) is 28.9 Å². The van der Waals surface area contributed by atoms with Crippen molar-refractivity contribution in [2.45, 2.75) is 13.0 Å². The zero-order chi connectivity index (χ0) is 18.2. The van der Waals surface area contributed by atoms with Gasteiger partial charge in [0.25, 0.3) is 0 Å². The van der Waals surface area contributed by atoms with Crippen molar-refractivity contribution in [2.75, 3.05) is 5.32 Å². The number of carbonyl (C=O) groups is 1. The van der Waals surface area contributed by atoms with Crippen LogP contribution in [0.2, 0.25) is 0 Å². The zero-order valence-corrected chi connectivity index (χ0v) is 14.4. The molecule has 0 aliphatic carbocycles. The van der Waals surface area contributed by atoms with E-state index in [0.29, 0.717) is 13.0 Å². The third-order valence-corrected chi connectivity index (χ3v) is 4.63. The molecule has 0 saturated carbocycles. The van der Waals surface area contributed by atoms with E-state index in [1.807, 2.05) is 66.7 Å². The summed E-state index contributed by atoms with van der Waals surface area (Å²) < 4.78 is 7.62. The van der Waals surface area contributed by atoms with Crippen molar-refractivity contribution < 1.29 is 9.21 Å². The average molecular weight is 356 g/mol. The molecule has 5 rings (SSSR count). The van der Waals surface area contributed by atoms with Crippen LogP contribution in [0.25, 0.3) is 33.0 Å². The second-order valence-corrected chi connectivity index (χ2v) is 6.41. The SMILES string of the molecule is O=C(CCn1nnc2ccccc21)Nc1ccc2c(c1)oc1ccccc12. The summed E-state index contributed by atoms with van der Waals surface area (Å²) in [5.41, 5.74) is 4.07. The van der Waals surface area contributed by atoms with Gasteiger partial charge in [0.1, 0.15) is 16.7 Å². The molecule has 5 aromatic rings. The van der Waals surface area contributed by atoms with E-state index in [1.165, 1.54) is 0 Å². The van der Waals surface area contributed by atoms with Crippen molar-refractivity contribution >= 4 is 44.6 Å². The van der Waals surface area contributed by atoms with E-state index in [4.69, 9.17) is 4.42 Å². The van der Waals surface area contributed by atoms with Crippen LogP contribution in [-0.2, 0) is 11.3 Å². The molecule has 0 radical (unpaired) electrons. The first-order chi connectivity index (χ1) is 13.3. The molecule has 1 amide bonds. The van der Waals surface area contributed by atoms with Gasteiger partial charge in [-0.05, 0) is 30.3 Å². The monoisotopic (exact) mass is 356 g/mol. The predicted octanol–water partition coefficient (Wildman–Crippen LogP) is 4.36. The van der Waals surface area contributed by atoms with E-state index >= 15 is 0 Å². The van der Waals surface area contributed by atoms with Crippen LogP contribution in [-0.4, -0.2) is 20.9 Å². The number of anilines is 1. The summed E-state index contributed by atoms with van der Waals surface area (Å²) in [4.78, 5) is 12.3. The van der Waals surface area contributed by atoms with Gasteiger partial charge in [-0.1, -0.05) is 35.5 Å². The Labute approximate surface area is 154 Å². The standard InChI is InChI=1S/C21H16N4O2/c26-21(11-12-25-18-7-3-2-6-17(18)23-24-25)22-14-9-10-16-15-5-1-4-8-19(15)27-20(16)13-14/h1-10,13H,11-12H2,(H,22,26).